The highest BCUT2D eigenvalue weighted by molar-refractivity contribution is 5.80. The Hall–Kier alpha value is -2.13. The second kappa shape index (κ2) is 8.48. The number of allylic oxidation sites excluding steroid dienone is 2. The zero-order valence-corrected chi connectivity index (χ0v) is 17.4. The number of benzene rings is 1. The number of rotatable bonds is 8. The van der Waals surface area contributed by atoms with Gasteiger partial charge in [0.1, 0.15) is 0 Å². The van der Waals surface area contributed by atoms with Crippen LogP contribution in [0.4, 0.5) is 0 Å². The summed E-state index contributed by atoms with van der Waals surface area (Å²) in [6, 6.07) is 11.6. The molecule has 1 aromatic carbocycles. The van der Waals surface area contributed by atoms with E-state index in [2.05, 4.69) is 62.6 Å². The second-order valence-corrected chi connectivity index (χ2v) is 8.95. The van der Waals surface area contributed by atoms with Crippen molar-refractivity contribution < 1.29 is 9.90 Å². The van der Waals surface area contributed by atoms with Crippen molar-refractivity contribution in [3.05, 3.63) is 65.8 Å². The van der Waals surface area contributed by atoms with Crippen LogP contribution in [0.15, 0.2) is 60.2 Å². The van der Waals surface area contributed by atoms with Gasteiger partial charge in [-0.15, -0.1) is 0 Å². The lowest BCUT2D eigenvalue weighted by molar-refractivity contribution is -0.131. The molecule has 1 aromatic rings. The van der Waals surface area contributed by atoms with E-state index in [-0.39, 0.29) is 0 Å². The quantitative estimate of drug-likeness (QED) is 0.465. The minimum absolute atomic E-state index is 0.381. The summed E-state index contributed by atoms with van der Waals surface area (Å²) < 4.78 is 0. The normalized spacial score (nSPS) is 24.5. The van der Waals surface area contributed by atoms with Crippen LogP contribution in [-0.2, 0) is 4.79 Å². The number of hydrogen-bond donors (Lipinski definition) is 1. The van der Waals surface area contributed by atoms with E-state index in [0.717, 1.165) is 31.4 Å². The zero-order valence-electron chi connectivity index (χ0n) is 17.4. The molecule has 1 N–H and O–H groups in total. The highest BCUT2D eigenvalue weighted by Gasteiger charge is 2.43. The first kappa shape index (κ1) is 20.6. The maximum absolute atomic E-state index is 10.8. The molecule has 3 nitrogen and oxygen atoms in total. The van der Waals surface area contributed by atoms with E-state index in [4.69, 9.17) is 5.11 Å². The Morgan fingerprint density at radius 2 is 1.96 bits per heavy atom. The first-order valence-corrected chi connectivity index (χ1v) is 10.4. The van der Waals surface area contributed by atoms with E-state index in [0.29, 0.717) is 17.5 Å². The van der Waals surface area contributed by atoms with Gasteiger partial charge in [-0.25, -0.2) is 4.79 Å². The molecule has 0 bridgehead atoms. The molecule has 1 aliphatic carbocycles. The van der Waals surface area contributed by atoms with Gasteiger partial charge in [-0.2, -0.15) is 0 Å². The van der Waals surface area contributed by atoms with Crippen LogP contribution in [0.25, 0.3) is 5.57 Å². The van der Waals surface area contributed by atoms with E-state index in [9.17, 15) is 4.79 Å². The second-order valence-electron chi connectivity index (χ2n) is 8.95. The molecule has 0 spiro atoms. The van der Waals surface area contributed by atoms with Gasteiger partial charge in [0.05, 0.1) is 0 Å². The van der Waals surface area contributed by atoms with Crippen LogP contribution in [0.1, 0.15) is 58.4 Å². The number of carbonyl (C=O) groups is 1. The summed E-state index contributed by atoms with van der Waals surface area (Å²) in [5.41, 5.74) is 5.62. The van der Waals surface area contributed by atoms with Crippen molar-refractivity contribution in [2.45, 2.75) is 65.0 Å². The van der Waals surface area contributed by atoms with Crippen molar-refractivity contribution in [1.29, 1.82) is 0 Å². The molecule has 2 atom stereocenters. The molecular formula is C25H33NO2. The van der Waals surface area contributed by atoms with Crippen molar-refractivity contribution >= 4 is 11.5 Å². The zero-order chi connectivity index (χ0) is 20.3. The van der Waals surface area contributed by atoms with Crippen molar-refractivity contribution in [1.82, 2.24) is 4.90 Å². The van der Waals surface area contributed by atoms with Gasteiger partial charge in [-0.3, -0.25) is 4.90 Å². The SMILES string of the molecule is C=C(/C=C/C(=O)O)CCC1C(C)=C(c2ccccc2)CC(C)N1CC1(C)CC1. The smallest absolute Gasteiger partial charge is 0.328 e. The molecule has 2 unspecified atom stereocenters. The van der Waals surface area contributed by atoms with Gasteiger partial charge >= 0.3 is 5.97 Å². The molecule has 1 fully saturated rings. The third-order valence-electron chi connectivity index (χ3n) is 6.43. The Morgan fingerprint density at radius 3 is 2.57 bits per heavy atom. The maximum atomic E-state index is 10.8. The highest BCUT2D eigenvalue weighted by atomic mass is 16.4. The Labute approximate surface area is 169 Å². The molecule has 3 rings (SSSR count). The third kappa shape index (κ3) is 5.02. The molecule has 2 aliphatic rings. The molecule has 0 saturated heterocycles. The maximum Gasteiger partial charge on any atom is 0.328 e. The van der Waals surface area contributed by atoms with E-state index in [1.54, 1.807) is 6.08 Å². The van der Waals surface area contributed by atoms with Crippen molar-refractivity contribution in [3.8, 4) is 0 Å². The van der Waals surface area contributed by atoms with Crippen LogP contribution in [0.5, 0.6) is 0 Å². The minimum Gasteiger partial charge on any atom is -0.478 e. The molecule has 1 heterocycles. The molecule has 0 radical (unpaired) electrons. The van der Waals surface area contributed by atoms with E-state index >= 15 is 0 Å². The van der Waals surface area contributed by atoms with Crippen LogP contribution < -0.4 is 0 Å². The molecule has 150 valence electrons. The van der Waals surface area contributed by atoms with E-state index in [1.807, 2.05) is 0 Å². The van der Waals surface area contributed by atoms with Crippen LogP contribution in [0.3, 0.4) is 0 Å². The van der Waals surface area contributed by atoms with Crippen LogP contribution >= 0.6 is 0 Å². The fourth-order valence-electron chi connectivity index (χ4n) is 4.37. The number of carboxylic acid groups (broad SMARTS) is 1. The predicted octanol–water partition coefficient (Wildman–Crippen LogP) is 5.70. The summed E-state index contributed by atoms with van der Waals surface area (Å²) in [5.74, 6) is -0.918. The van der Waals surface area contributed by atoms with Gasteiger partial charge in [0.15, 0.2) is 0 Å². The molecule has 0 amide bonds. The lowest BCUT2D eigenvalue weighted by Gasteiger charge is -2.44. The lowest BCUT2D eigenvalue weighted by Crippen LogP contribution is -2.48. The van der Waals surface area contributed by atoms with E-state index in [1.165, 1.54) is 35.6 Å². The number of carboxylic acids is 1. The molecule has 1 saturated carbocycles. The third-order valence-corrected chi connectivity index (χ3v) is 6.43. The van der Waals surface area contributed by atoms with Gasteiger partial charge in [0.25, 0.3) is 0 Å². The first-order chi connectivity index (χ1) is 13.3. The predicted molar refractivity (Wildman–Crippen MR) is 116 cm³/mol. The standard InChI is InChI=1S/C25H33NO2/c1-18(11-13-24(27)28)10-12-23-20(3)22(21-8-6-5-7-9-21)16-19(2)26(23)17-25(4)14-15-25/h5-9,11,13,19,23H,1,10,12,14-17H2,2-4H3,(H,27,28)/b13-11+. The first-order valence-electron chi connectivity index (χ1n) is 10.4. The summed E-state index contributed by atoms with van der Waals surface area (Å²) in [6.45, 7) is 12.3. The highest BCUT2D eigenvalue weighted by Crippen LogP contribution is 2.48. The van der Waals surface area contributed by atoms with Gasteiger partial charge in [-0.1, -0.05) is 61.1 Å². The summed E-state index contributed by atoms with van der Waals surface area (Å²) in [5, 5.41) is 8.85. The van der Waals surface area contributed by atoms with Crippen LogP contribution in [0.2, 0.25) is 0 Å². The molecular weight excluding hydrogens is 346 g/mol. The number of aliphatic carboxylic acids is 1. The molecule has 0 aromatic heterocycles. The van der Waals surface area contributed by atoms with Crippen molar-refractivity contribution in [2.24, 2.45) is 5.41 Å². The van der Waals surface area contributed by atoms with Crippen LogP contribution in [0, 0.1) is 5.41 Å². The van der Waals surface area contributed by atoms with Gasteiger partial charge in [0.2, 0.25) is 0 Å². The molecule has 1 aliphatic heterocycles. The van der Waals surface area contributed by atoms with Crippen LogP contribution in [-0.4, -0.2) is 34.6 Å². The fraction of sp³-hybridized carbons (Fsp3) is 0.480. The Bertz CT molecular complexity index is 786. The number of hydrogen-bond acceptors (Lipinski definition) is 2. The van der Waals surface area contributed by atoms with Gasteiger partial charge < -0.3 is 5.11 Å². The Balaban J connectivity index is 1.84. The summed E-state index contributed by atoms with van der Waals surface area (Å²) in [7, 11) is 0. The largest absolute Gasteiger partial charge is 0.478 e. The summed E-state index contributed by atoms with van der Waals surface area (Å²) >= 11 is 0. The molecule has 3 heteroatoms. The van der Waals surface area contributed by atoms with Crippen molar-refractivity contribution in [2.75, 3.05) is 6.54 Å². The van der Waals surface area contributed by atoms with Gasteiger partial charge in [-0.05, 0) is 62.5 Å². The Morgan fingerprint density at radius 1 is 1.29 bits per heavy atom. The average molecular weight is 380 g/mol. The van der Waals surface area contributed by atoms with Gasteiger partial charge in [0, 0.05) is 24.7 Å². The Kier molecular flexibility index (Phi) is 6.24. The van der Waals surface area contributed by atoms with Crippen molar-refractivity contribution in [3.63, 3.8) is 0 Å². The molecule has 28 heavy (non-hydrogen) atoms. The summed E-state index contributed by atoms with van der Waals surface area (Å²) in [6.07, 6.45) is 8.35. The van der Waals surface area contributed by atoms with E-state index < -0.39 is 5.97 Å². The fourth-order valence-corrected chi connectivity index (χ4v) is 4.37. The average Bonchev–Trinajstić information content (AvgIpc) is 3.40. The lowest BCUT2D eigenvalue weighted by atomic mass is 9.83. The number of nitrogens with zero attached hydrogens (tertiary/aromatic N) is 1. The summed E-state index contributed by atoms with van der Waals surface area (Å²) in [4.78, 5) is 13.5. The minimum atomic E-state index is -0.918. The monoisotopic (exact) mass is 379 g/mol. The topological polar surface area (TPSA) is 40.5 Å².